The number of rotatable bonds is 5. The lowest BCUT2D eigenvalue weighted by atomic mass is 10.0. The Morgan fingerprint density at radius 3 is 2.50 bits per heavy atom. The van der Waals surface area contributed by atoms with E-state index in [9.17, 15) is 5.26 Å². The highest BCUT2D eigenvalue weighted by atomic mass is 32.1. The molecule has 156 valence electrons. The number of imidazole rings is 1. The third-order valence-corrected chi connectivity index (χ3v) is 5.70. The predicted octanol–water partition coefficient (Wildman–Crippen LogP) is 5.07. The molecule has 0 unspecified atom stereocenters. The molecule has 0 atom stereocenters. The van der Waals surface area contributed by atoms with Gasteiger partial charge in [-0.2, -0.15) is 5.26 Å². The van der Waals surface area contributed by atoms with Crippen LogP contribution in [0.2, 0.25) is 0 Å². The second-order valence-electron chi connectivity index (χ2n) is 7.00. The van der Waals surface area contributed by atoms with Gasteiger partial charge in [0.25, 0.3) is 0 Å². The second kappa shape index (κ2) is 8.13. The molecule has 7 nitrogen and oxygen atoms in total. The molecule has 0 fully saturated rings. The van der Waals surface area contributed by atoms with Crippen molar-refractivity contribution in [1.82, 2.24) is 19.0 Å². The molecule has 3 heterocycles. The fourth-order valence-corrected chi connectivity index (χ4v) is 4.11. The van der Waals surface area contributed by atoms with Gasteiger partial charge in [0.2, 0.25) is 0 Å². The van der Waals surface area contributed by atoms with Gasteiger partial charge in [-0.15, -0.1) is 5.10 Å². The van der Waals surface area contributed by atoms with Crippen molar-refractivity contribution in [2.45, 2.75) is 0 Å². The van der Waals surface area contributed by atoms with Gasteiger partial charge < -0.3 is 9.47 Å². The maximum Gasteiger partial charge on any atom is 0.157 e. The van der Waals surface area contributed by atoms with Gasteiger partial charge in [-0.05, 0) is 53.5 Å². The molecular weight excluding hydrogens is 422 g/mol. The Morgan fingerprint density at radius 1 is 1.03 bits per heavy atom. The second-order valence-corrected chi connectivity index (χ2v) is 7.61. The standard InChI is InChI=1S/C24H17N5O2S/c1-30-18-9-16(10-19(12-18)31-2)23-11-15(7-8-17-14-32-28-27-17)20(13-25)24-26-21-5-3-4-6-22(21)29(23)24/h3-12,14H,1-2H3/b8-7+. The van der Waals surface area contributed by atoms with Crippen molar-refractivity contribution < 1.29 is 9.47 Å². The van der Waals surface area contributed by atoms with Gasteiger partial charge in [-0.25, -0.2) is 4.98 Å². The summed E-state index contributed by atoms with van der Waals surface area (Å²) in [6.07, 6.45) is 3.71. The Morgan fingerprint density at radius 2 is 1.81 bits per heavy atom. The van der Waals surface area contributed by atoms with Crippen LogP contribution < -0.4 is 9.47 Å². The molecule has 0 saturated carbocycles. The van der Waals surface area contributed by atoms with Crippen LogP contribution in [0.25, 0.3) is 40.1 Å². The van der Waals surface area contributed by atoms with Crippen molar-refractivity contribution in [2.24, 2.45) is 0 Å². The first-order chi connectivity index (χ1) is 15.7. The third kappa shape index (κ3) is 3.35. The molecule has 0 spiro atoms. The summed E-state index contributed by atoms with van der Waals surface area (Å²) in [5.41, 5.74) is 6.00. The van der Waals surface area contributed by atoms with E-state index in [0.29, 0.717) is 22.7 Å². The number of nitriles is 1. The number of hydrogen-bond acceptors (Lipinski definition) is 7. The number of hydrogen-bond donors (Lipinski definition) is 0. The number of nitrogens with zero attached hydrogens (tertiary/aromatic N) is 5. The SMILES string of the molecule is COc1cc(OC)cc(-c2cc(/C=C/c3csnn3)c(C#N)c3nc4ccccc4n23)c1. The first-order valence-corrected chi connectivity index (χ1v) is 10.6. The van der Waals surface area contributed by atoms with E-state index in [4.69, 9.17) is 14.5 Å². The molecule has 32 heavy (non-hydrogen) atoms. The minimum Gasteiger partial charge on any atom is -0.497 e. The molecule has 0 N–H and O–H groups in total. The van der Waals surface area contributed by atoms with E-state index >= 15 is 0 Å². The van der Waals surface area contributed by atoms with Crippen LogP contribution in [0.4, 0.5) is 0 Å². The first-order valence-electron chi connectivity index (χ1n) is 9.74. The fourth-order valence-electron chi connectivity index (χ4n) is 3.68. The minimum absolute atomic E-state index is 0.485. The Balaban J connectivity index is 1.86. The van der Waals surface area contributed by atoms with Crippen LogP contribution in [0.5, 0.6) is 11.5 Å². The van der Waals surface area contributed by atoms with Crippen LogP contribution in [0, 0.1) is 11.3 Å². The average molecular weight is 440 g/mol. The lowest BCUT2D eigenvalue weighted by molar-refractivity contribution is 0.394. The van der Waals surface area contributed by atoms with E-state index in [1.807, 2.05) is 70.5 Å². The van der Waals surface area contributed by atoms with Crippen LogP contribution in [-0.2, 0) is 0 Å². The summed E-state index contributed by atoms with van der Waals surface area (Å²) in [7, 11) is 3.24. The topological polar surface area (TPSA) is 85.3 Å². The van der Waals surface area contributed by atoms with E-state index in [1.54, 1.807) is 14.2 Å². The Hall–Kier alpha value is -4.22. The lowest BCUT2D eigenvalue weighted by Crippen LogP contribution is -1.99. The summed E-state index contributed by atoms with van der Waals surface area (Å²) < 4.78 is 16.9. The number of pyridine rings is 1. The molecule has 8 heteroatoms. The molecule has 0 amide bonds. The quantitative estimate of drug-likeness (QED) is 0.380. The molecule has 0 bridgehead atoms. The van der Waals surface area contributed by atoms with Crippen LogP contribution in [0.1, 0.15) is 16.8 Å². The van der Waals surface area contributed by atoms with Gasteiger partial charge in [0.15, 0.2) is 5.65 Å². The maximum absolute atomic E-state index is 10.0. The highest BCUT2D eigenvalue weighted by Gasteiger charge is 2.18. The monoisotopic (exact) mass is 439 g/mol. The Bertz CT molecular complexity index is 1490. The molecule has 3 aromatic heterocycles. The van der Waals surface area contributed by atoms with E-state index in [2.05, 4.69) is 15.7 Å². The third-order valence-electron chi connectivity index (χ3n) is 5.18. The van der Waals surface area contributed by atoms with Gasteiger partial charge in [0.1, 0.15) is 23.1 Å². The van der Waals surface area contributed by atoms with Crippen LogP contribution in [-0.4, -0.2) is 33.2 Å². The molecule has 5 rings (SSSR count). The Kier molecular flexibility index (Phi) is 5.01. The lowest BCUT2D eigenvalue weighted by Gasteiger charge is -2.13. The van der Waals surface area contributed by atoms with Gasteiger partial charge in [0.05, 0.1) is 36.6 Å². The van der Waals surface area contributed by atoms with E-state index in [-0.39, 0.29) is 0 Å². The van der Waals surface area contributed by atoms with Crippen LogP contribution in [0.3, 0.4) is 0 Å². The van der Waals surface area contributed by atoms with Crippen LogP contribution in [0.15, 0.2) is 53.9 Å². The van der Waals surface area contributed by atoms with E-state index in [1.165, 1.54) is 11.5 Å². The molecule has 0 aliphatic heterocycles. The van der Waals surface area contributed by atoms with Gasteiger partial charge in [-0.3, -0.25) is 4.40 Å². The van der Waals surface area contributed by atoms with Crippen molar-refractivity contribution in [1.29, 1.82) is 5.26 Å². The van der Waals surface area contributed by atoms with Gasteiger partial charge >= 0.3 is 0 Å². The van der Waals surface area contributed by atoms with E-state index in [0.717, 1.165) is 33.5 Å². The number of aromatic nitrogens is 4. The minimum atomic E-state index is 0.485. The summed E-state index contributed by atoms with van der Waals surface area (Å²) in [6, 6.07) is 17.8. The summed E-state index contributed by atoms with van der Waals surface area (Å²) in [5.74, 6) is 1.35. The summed E-state index contributed by atoms with van der Waals surface area (Å²) >= 11 is 1.28. The van der Waals surface area contributed by atoms with Crippen molar-refractivity contribution in [3.8, 4) is 28.8 Å². The fraction of sp³-hybridized carbons (Fsp3) is 0.0833. The number of para-hydroxylation sites is 2. The number of ether oxygens (including phenoxy) is 2. The average Bonchev–Trinajstić information content (AvgIpc) is 3.49. The van der Waals surface area contributed by atoms with Crippen molar-refractivity contribution >= 4 is 40.4 Å². The number of methoxy groups -OCH3 is 2. The maximum atomic E-state index is 10.0. The molecule has 0 saturated heterocycles. The molecule has 0 aliphatic rings. The molecule has 5 aromatic rings. The smallest absolute Gasteiger partial charge is 0.157 e. The summed E-state index contributed by atoms with van der Waals surface area (Å²) in [6.45, 7) is 0. The summed E-state index contributed by atoms with van der Waals surface area (Å²) in [4.78, 5) is 4.78. The first kappa shape index (κ1) is 19.7. The van der Waals surface area contributed by atoms with Crippen LogP contribution >= 0.6 is 11.5 Å². The predicted molar refractivity (Wildman–Crippen MR) is 125 cm³/mol. The Labute approximate surface area is 188 Å². The van der Waals surface area contributed by atoms with Gasteiger partial charge in [-0.1, -0.05) is 22.7 Å². The normalized spacial score (nSPS) is 11.3. The van der Waals surface area contributed by atoms with Gasteiger partial charge in [0, 0.05) is 17.0 Å². The molecule has 0 aliphatic carbocycles. The van der Waals surface area contributed by atoms with E-state index < -0.39 is 0 Å². The highest BCUT2D eigenvalue weighted by Crippen LogP contribution is 2.34. The zero-order chi connectivity index (χ0) is 22.1. The van der Waals surface area contributed by atoms with Crippen molar-refractivity contribution in [2.75, 3.05) is 14.2 Å². The number of benzene rings is 2. The summed E-state index contributed by atoms with van der Waals surface area (Å²) in [5, 5.41) is 15.9. The highest BCUT2D eigenvalue weighted by molar-refractivity contribution is 7.03. The van der Waals surface area contributed by atoms with Crippen molar-refractivity contribution in [3.63, 3.8) is 0 Å². The molecular formula is C24H17N5O2S. The zero-order valence-corrected chi connectivity index (χ0v) is 18.1. The molecule has 2 aromatic carbocycles. The van der Waals surface area contributed by atoms with Crippen molar-refractivity contribution in [3.05, 3.63) is 70.7 Å². The largest absolute Gasteiger partial charge is 0.497 e. The number of fused-ring (bicyclic) bond motifs is 3. The zero-order valence-electron chi connectivity index (χ0n) is 17.3. The molecule has 0 radical (unpaired) electrons.